The highest BCUT2D eigenvalue weighted by Gasteiger charge is 2.57. The molecule has 4 rings (SSSR count). The molecule has 4 bridgehead atoms. The van der Waals surface area contributed by atoms with Crippen LogP contribution in [0.5, 0.6) is 0 Å². The van der Waals surface area contributed by atoms with Crippen LogP contribution in [0.25, 0.3) is 0 Å². The van der Waals surface area contributed by atoms with E-state index in [4.69, 9.17) is 4.84 Å². The molecule has 3 unspecified atom stereocenters. The zero-order valence-corrected chi connectivity index (χ0v) is 10.4. The van der Waals surface area contributed by atoms with Crippen LogP contribution in [0.2, 0.25) is 0 Å². The van der Waals surface area contributed by atoms with Crippen LogP contribution in [0.3, 0.4) is 0 Å². The van der Waals surface area contributed by atoms with Crippen LogP contribution in [0, 0.1) is 27.9 Å². The topological polar surface area (TPSA) is 81.5 Å². The predicted octanol–water partition coefficient (Wildman–Crippen LogP) is 1.28. The second-order valence-corrected chi connectivity index (χ2v) is 6.19. The summed E-state index contributed by atoms with van der Waals surface area (Å²) in [6.45, 7) is 1.54. The highest BCUT2D eigenvalue weighted by Crippen LogP contribution is 2.57. The molecule has 0 aromatic heterocycles. The largest absolute Gasteiger partial charge is 0.353 e. The first kappa shape index (κ1) is 11.7. The van der Waals surface area contributed by atoms with Crippen LogP contribution in [0.1, 0.15) is 39.0 Å². The standard InChI is InChI=1S/C12H18N2O4/c1-7(15)13-11-9-2-8-3-10(11)6-12(4-8,5-9)18-14(16)17/h8-11H,2-6H2,1H3,(H,13,15)/t8?,9-,10+,11?,12?. The van der Waals surface area contributed by atoms with Crippen molar-refractivity contribution < 1.29 is 14.7 Å². The van der Waals surface area contributed by atoms with Crippen LogP contribution in [-0.4, -0.2) is 22.6 Å². The number of nitrogens with zero attached hydrogens (tertiary/aromatic N) is 1. The maximum Gasteiger partial charge on any atom is 0.295 e. The van der Waals surface area contributed by atoms with Gasteiger partial charge in [-0.05, 0) is 49.9 Å². The molecule has 0 heterocycles. The van der Waals surface area contributed by atoms with E-state index in [1.54, 1.807) is 0 Å². The predicted molar refractivity (Wildman–Crippen MR) is 62.0 cm³/mol. The number of nitrogens with one attached hydrogen (secondary N) is 1. The van der Waals surface area contributed by atoms with Crippen molar-refractivity contribution in [2.45, 2.75) is 50.7 Å². The summed E-state index contributed by atoms with van der Waals surface area (Å²) in [4.78, 5) is 26.9. The average Bonchev–Trinajstić information content (AvgIpc) is 2.20. The van der Waals surface area contributed by atoms with Crippen LogP contribution < -0.4 is 5.32 Å². The fraction of sp³-hybridized carbons (Fsp3) is 0.917. The lowest BCUT2D eigenvalue weighted by atomic mass is 9.52. The Hall–Kier alpha value is -1.33. The van der Waals surface area contributed by atoms with Gasteiger partial charge < -0.3 is 10.2 Å². The fourth-order valence-corrected chi connectivity index (χ4v) is 4.69. The van der Waals surface area contributed by atoms with Crippen LogP contribution in [-0.2, 0) is 9.63 Å². The third kappa shape index (κ3) is 1.83. The van der Waals surface area contributed by atoms with Crippen molar-refractivity contribution in [3.05, 3.63) is 10.1 Å². The molecule has 0 aliphatic heterocycles. The quantitative estimate of drug-likeness (QED) is 0.607. The van der Waals surface area contributed by atoms with E-state index < -0.39 is 10.7 Å². The Bertz CT molecular complexity index is 382. The molecule has 0 radical (unpaired) electrons. The second-order valence-electron chi connectivity index (χ2n) is 6.19. The fourth-order valence-electron chi connectivity index (χ4n) is 4.69. The molecule has 18 heavy (non-hydrogen) atoms. The first-order valence-corrected chi connectivity index (χ1v) is 6.58. The van der Waals surface area contributed by atoms with Crippen molar-refractivity contribution >= 4 is 5.91 Å². The van der Waals surface area contributed by atoms with Crippen LogP contribution in [0.15, 0.2) is 0 Å². The van der Waals surface area contributed by atoms with E-state index in [2.05, 4.69) is 5.32 Å². The molecule has 6 nitrogen and oxygen atoms in total. The van der Waals surface area contributed by atoms with E-state index in [1.807, 2.05) is 0 Å². The van der Waals surface area contributed by atoms with E-state index in [9.17, 15) is 14.9 Å². The lowest BCUT2D eigenvalue weighted by molar-refractivity contribution is -0.785. The molecule has 4 saturated carbocycles. The van der Waals surface area contributed by atoms with Gasteiger partial charge in [0.25, 0.3) is 5.09 Å². The monoisotopic (exact) mass is 254 g/mol. The summed E-state index contributed by atoms with van der Waals surface area (Å²) >= 11 is 0. The van der Waals surface area contributed by atoms with E-state index in [1.165, 1.54) is 6.92 Å². The molecule has 0 spiro atoms. The number of carbonyl (C=O) groups excluding carboxylic acids is 1. The molecular formula is C12H18N2O4. The van der Waals surface area contributed by atoms with Crippen molar-refractivity contribution in [2.75, 3.05) is 0 Å². The van der Waals surface area contributed by atoms with Crippen LogP contribution in [0.4, 0.5) is 0 Å². The minimum atomic E-state index is -0.638. The third-order valence-electron chi connectivity index (χ3n) is 4.86. The summed E-state index contributed by atoms with van der Waals surface area (Å²) in [6, 6.07) is 0.197. The first-order chi connectivity index (χ1) is 8.47. The van der Waals surface area contributed by atoms with E-state index in [0.29, 0.717) is 30.6 Å². The summed E-state index contributed by atoms with van der Waals surface area (Å²) in [5.74, 6) is 1.23. The zero-order chi connectivity index (χ0) is 12.9. The number of hydrogen-bond acceptors (Lipinski definition) is 4. The van der Waals surface area contributed by atoms with E-state index in [-0.39, 0.29) is 11.9 Å². The molecule has 4 aliphatic carbocycles. The first-order valence-electron chi connectivity index (χ1n) is 6.58. The van der Waals surface area contributed by atoms with Gasteiger partial charge in [-0.15, -0.1) is 10.1 Å². The molecule has 0 saturated heterocycles. The molecule has 6 heteroatoms. The van der Waals surface area contributed by atoms with Crippen LogP contribution >= 0.6 is 0 Å². The highest BCUT2D eigenvalue weighted by atomic mass is 17.0. The van der Waals surface area contributed by atoms with Gasteiger partial charge in [-0.25, -0.2) is 0 Å². The molecule has 1 N–H and O–H groups in total. The Labute approximate surface area is 105 Å². The van der Waals surface area contributed by atoms with Crippen molar-refractivity contribution in [2.24, 2.45) is 17.8 Å². The van der Waals surface area contributed by atoms with Gasteiger partial charge in [0.1, 0.15) is 5.60 Å². The molecule has 4 fully saturated rings. The Balaban J connectivity index is 1.79. The Morgan fingerprint density at radius 2 is 1.94 bits per heavy atom. The van der Waals surface area contributed by atoms with Gasteiger partial charge in [-0.2, -0.15) is 0 Å². The summed E-state index contributed by atoms with van der Waals surface area (Å²) in [7, 11) is 0. The summed E-state index contributed by atoms with van der Waals surface area (Å²) < 4.78 is 0. The normalized spacial score (nSPS) is 44.7. The van der Waals surface area contributed by atoms with Crippen molar-refractivity contribution in [1.82, 2.24) is 5.32 Å². The number of rotatable bonds is 3. The Morgan fingerprint density at radius 1 is 1.33 bits per heavy atom. The molecule has 5 atom stereocenters. The molecule has 0 aromatic carbocycles. The van der Waals surface area contributed by atoms with E-state index in [0.717, 1.165) is 19.3 Å². The molecule has 100 valence electrons. The maximum absolute atomic E-state index is 11.2. The van der Waals surface area contributed by atoms with Gasteiger partial charge in [0, 0.05) is 13.0 Å². The summed E-state index contributed by atoms with van der Waals surface area (Å²) in [5.41, 5.74) is -0.561. The van der Waals surface area contributed by atoms with Gasteiger partial charge in [0.15, 0.2) is 0 Å². The van der Waals surface area contributed by atoms with Gasteiger partial charge in [-0.1, -0.05) is 0 Å². The van der Waals surface area contributed by atoms with Gasteiger partial charge in [0.2, 0.25) is 5.91 Å². The minimum absolute atomic E-state index is 0.00304. The Morgan fingerprint density at radius 3 is 2.44 bits per heavy atom. The number of amides is 1. The lowest BCUT2D eigenvalue weighted by Crippen LogP contribution is -2.62. The van der Waals surface area contributed by atoms with Gasteiger partial charge in [-0.3, -0.25) is 4.79 Å². The second kappa shape index (κ2) is 3.83. The van der Waals surface area contributed by atoms with E-state index >= 15 is 0 Å². The average molecular weight is 254 g/mol. The summed E-state index contributed by atoms with van der Waals surface area (Å²) in [5, 5.41) is 13.0. The number of carbonyl (C=O) groups is 1. The SMILES string of the molecule is CC(=O)NC1[C@@H]2CC3C[C@H]1CC(O[N+](=O)[O-])(C3)C2. The van der Waals surface area contributed by atoms with Gasteiger partial charge >= 0.3 is 0 Å². The third-order valence-corrected chi connectivity index (χ3v) is 4.86. The number of hydrogen-bond donors (Lipinski definition) is 1. The molecular weight excluding hydrogens is 236 g/mol. The molecule has 1 amide bonds. The van der Waals surface area contributed by atoms with Crippen molar-refractivity contribution in [3.8, 4) is 0 Å². The maximum atomic E-state index is 11.2. The Kier molecular flexibility index (Phi) is 2.50. The molecule has 4 aliphatic rings. The smallest absolute Gasteiger partial charge is 0.295 e. The lowest BCUT2D eigenvalue weighted by Gasteiger charge is -2.58. The minimum Gasteiger partial charge on any atom is -0.353 e. The summed E-state index contributed by atoms with van der Waals surface area (Å²) in [6.07, 6.45) is 4.39. The zero-order valence-electron chi connectivity index (χ0n) is 10.4. The van der Waals surface area contributed by atoms with Crippen molar-refractivity contribution in [3.63, 3.8) is 0 Å². The van der Waals surface area contributed by atoms with Gasteiger partial charge in [0.05, 0.1) is 0 Å². The van der Waals surface area contributed by atoms with Crippen molar-refractivity contribution in [1.29, 1.82) is 0 Å². The molecule has 0 aromatic rings. The highest BCUT2D eigenvalue weighted by molar-refractivity contribution is 5.73.